The molecule has 0 spiro atoms. The van der Waals surface area contributed by atoms with Gasteiger partial charge in [-0.25, -0.2) is 0 Å². The average Bonchev–Trinajstić information content (AvgIpc) is 2.38. The Morgan fingerprint density at radius 1 is 1.42 bits per heavy atom. The minimum absolute atomic E-state index is 0.345. The van der Waals surface area contributed by atoms with E-state index in [2.05, 4.69) is 5.10 Å². The van der Waals surface area contributed by atoms with Crippen LogP contribution in [0.4, 0.5) is 0 Å². The van der Waals surface area contributed by atoms with Crippen molar-refractivity contribution >= 4 is 5.91 Å². The van der Waals surface area contributed by atoms with E-state index in [0.717, 1.165) is 10.7 Å². The van der Waals surface area contributed by atoms with E-state index in [4.69, 9.17) is 10.5 Å². The molecule has 1 heterocycles. The maximum atomic E-state index is 11.8. The molecular formula is C12H11N3O4. The first-order chi connectivity index (χ1) is 9.04. The van der Waals surface area contributed by atoms with Gasteiger partial charge in [0.25, 0.3) is 11.5 Å². The highest BCUT2D eigenvalue weighted by atomic mass is 16.5. The lowest BCUT2D eigenvalue weighted by molar-refractivity contribution is 0.0991. The van der Waals surface area contributed by atoms with Crippen molar-refractivity contribution < 1.29 is 14.6 Å². The van der Waals surface area contributed by atoms with Gasteiger partial charge in [-0.05, 0) is 12.1 Å². The number of aromatic hydroxyl groups is 1. The third-order valence-corrected chi connectivity index (χ3v) is 2.46. The first kappa shape index (κ1) is 12.6. The van der Waals surface area contributed by atoms with Crippen LogP contribution in [-0.2, 0) is 0 Å². The molecule has 19 heavy (non-hydrogen) atoms. The summed E-state index contributed by atoms with van der Waals surface area (Å²) in [6.45, 7) is 0. The van der Waals surface area contributed by atoms with Gasteiger partial charge < -0.3 is 15.6 Å². The molecule has 0 aliphatic heterocycles. The summed E-state index contributed by atoms with van der Waals surface area (Å²) in [7, 11) is 1.44. The summed E-state index contributed by atoms with van der Waals surface area (Å²) in [4.78, 5) is 22.9. The van der Waals surface area contributed by atoms with E-state index in [0.29, 0.717) is 11.4 Å². The van der Waals surface area contributed by atoms with Crippen LogP contribution < -0.4 is 16.0 Å². The van der Waals surface area contributed by atoms with Gasteiger partial charge in [-0.15, -0.1) is 0 Å². The number of para-hydroxylation sites is 2. The molecule has 0 fully saturated rings. The molecule has 98 valence electrons. The van der Waals surface area contributed by atoms with Crippen molar-refractivity contribution in [2.24, 2.45) is 5.73 Å². The van der Waals surface area contributed by atoms with Gasteiger partial charge in [-0.3, -0.25) is 9.59 Å². The zero-order valence-electron chi connectivity index (χ0n) is 10.0. The number of benzene rings is 1. The molecule has 0 saturated heterocycles. The second-order valence-corrected chi connectivity index (χ2v) is 3.66. The Balaban J connectivity index is 2.72. The topological polar surface area (TPSA) is 107 Å². The lowest BCUT2D eigenvalue weighted by Gasteiger charge is -2.10. The Hall–Kier alpha value is -2.83. The zero-order chi connectivity index (χ0) is 14.0. The van der Waals surface area contributed by atoms with Gasteiger partial charge in [0.05, 0.1) is 7.11 Å². The van der Waals surface area contributed by atoms with Gasteiger partial charge in [0.1, 0.15) is 11.4 Å². The molecule has 3 N–H and O–H groups in total. The lowest BCUT2D eigenvalue weighted by atomic mass is 10.3. The number of aromatic nitrogens is 2. The van der Waals surface area contributed by atoms with E-state index in [9.17, 15) is 14.7 Å². The summed E-state index contributed by atoms with van der Waals surface area (Å²) >= 11 is 0. The fourth-order valence-corrected chi connectivity index (χ4v) is 1.60. The first-order valence-electron chi connectivity index (χ1n) is 5.31. The molecule has 7 nitrogen and oxygen atoms in total. The van der Waals surface area contributed by atoms with E-state index in [1.807, 2.05) is 0 Å². The maximum absolute atomic E-state index is 11.8. The molecule has 0 bridgehead atoms. The van der Waals surface area contributed by atoms with Gasteiger partial charge in [0.2, 0.25) is 0 Å². The van der Waals surface area contributed by atoms with Crippen molar-refractivity contribution in [1.29, 1.82) is 0 Å². The van der Waals surface area contributed by atoms with Crippen molar-refractivity contribution in [3.8, 4) is 17.2 Å². The maximum Gasteiger partial charge on any atom is 0.275 e. The molecule has 1 aromatic heterocycles. The van der Waals surface area contributed by atoms with E-state index in [-0.39, 0.29) is 5.69 Å². The molecule has 0 unspecified atom stereocenters. The Labute approximate surface area is 107 Å². The van der Waals surface area contributed by atoms with Gasteiger partial charge in [0, 0.05) is 6.07 Å². The third-order valence-electron chi connectivity index (χ3n) is 2.46. The van der Waals surface area contributed by atoms with Crippen LogP contribution in [0.3, 0.4) is 0 Å². The predicted molar refractivity (Wildman–Crippen MR) is 66.6 cm³/mol. The highest BCUT2D eigenvalue weighted by molar-refractivity contribution is 5.93. The molecule has 2 aromatic rings. The summed E-state index contributed by atoms with van der Waals surface area (Å²) in [5, 5.41) is 13.2. The van der Waals surface area contributed by atoms with Crippen LogP contribution in [0.2, 0.25) is 0 Å². The van der Waals surface area contributed by atoms with E-state index in [1.165, 1.54) is 7.11 Å². The number of methoxy groups -OCH3 is 1. The Kier molecular flexibility index (Phi) is 3.19. The number of carbonyl (C=O) groups excluding carboxylic acids is 1. The fraction of sp³-hybridized carbons (Fsp3) is 0.0833. The second kappa shape index (κ2) is 4.81. The minimum atomic E-state index is -0.929. The van der Waals surface area contributed by atoms with Crippen LogP contribution in [-0.4, -0.2) is 27.9 Å². The molecule has 2 rings (SSSR count). The Morgan fingerprint density at radius 3 is 2.74 bits per heavy atom. The minimum Gasteiger partial charge on any atom is -0.505 e. The Morgan fingerprint density at radius 2 is 2.11 bits per heavy atom. The normalized spacial score (nSPS) is 10.2. The SMILES string of the molecule is COc1ccccc1-n1nc(C(N)=O)c(O)cc1=O. The fourth-order valence-electron chi connectivity index (χ4n) is 1.60. The van der Waals surface area contributed by atoms with Crippen molar-refractivity contribution in [2.75, 3.05) is 7.11 Å². The van der Waals surface area contributed by atoms with Gasteiger partial charge in [-0.1, -0.05) is 12.1 Å². The number of primary amides is 1. The van der Waals surface area contributed by atoms with E-state index in [1.54, 1.807) is 24.3 Å². The summed E-state index contributed by atoms with van der Waals surface area (Å²) in [6.07, 6.45) is 0. The third kappa shape index (κ3) is 2.25. The van der Waals surface area contributed by atoms with Crippen molar-refractivity contribution in [1.82, 2.24) is 9.78 Å². The molecule has 1 amide bonds. The van der Waals surface area contributed by atoms with Crippen LogP contribution in [0.1, 0.15) is 10.5 Å². The number of carbonyl (C=O) groups is 1. The van der Waals surface area contributed by atoms with E-state index < -0.39 is 17.2 Å². The van der Waals surface area contributed by atoms with Gasteiger partial charge in [-0.2, -0.15) is 9.78 Å². The Bertz CT molecular complexity index is 694. The van der Waals surface area contributed by atoms with Crippen molar-refractivity contribution in [3.63, 3.8) is 0 Å². The quantitative estimate of drug-likeness (QED) is 0.811. The van der Waals surface area contributed by atoms with Crippen LogP contribution >= 0.6 is 0 Å². The lowest BCUT2D eigenvalue weighted by Crippen LogP contribution is -2.25. The molecule has 0 aliphatic rings. The monoisotopic (exact) mass is 261 g/mol. The highest BCUT2D eigenvalue weighted by Gasteiger charge is 2.15. The number of hydrogen-bond acceptors (Lipinski definition) is 5. The molecule has 7 heteroatoms. The number of amides is 1. The summed E-state index contributed by atoms with van der Waals surface area (Å²) in [5.41, 5.74) is 4.43. The number of ether oxygens (including phenoxy) is 1. The molecule has 0 aliphatic carbocycles. The molecule has 1 aromatic carbocycles. The molecule has 0 radical (unpaired) electrons. The predicted octanol–water partition coefficient (Wildman–Crippen LogP) is 0.0456. The van der Waals surface area contributed by atoms with Crippen LogP contribution in [0.5, 0.6) is 11.5 Å². The first-order valence-corrected chi connectivity index (χ1v) is 5.31. The summed E-state index contributed by atoms with van der Waals surface area (Å²) < 4.78 is 6.05. The number of nitrogens with two attached hydrogens (primary N) is 1. The van der Waals surface area contributed by atoms with Crippen LogP contribution in [0.15, 0.2) is 35.1 Å². The standard InChI is InChI=1S/C12H11N3O4/c1-19-9-5-3-2-4-7(9)15-10(17)6-8(16)11(14-15)12(13)18/h2-6,16H,1H3,(H2,13,18). The van der Waals surface area contributed by atoms with E-state index >= 15 is 0 Å². The smallest absolute Gasteiger partial charge is 0.275 e. The highest BCUT2D eigenvalue weighted by Crippen LogP contribution is 2.20. The molecule has 0 saturated carbocycles. The average molecular weight is 261 g/mol. The van der Waals surface area contributed by atoms with Crippen LogP contribution in [0.25, 0.3) is 5.69 Å². The van der Waals surface area contributed by atoms with Crippen molar-refractivity contribution in [3.05, 3.63) is 46.4 Å². The zero-order valence-corrected chi connectivity index (χ0v) is 10.0. The molecule has 0 atom stereocenters. The van der Waals surface area contributed by atoms with Crippen molar-refractivity contribution in [2.45, 2.75) is 0 Å². The molecular weight excluding hydrogens is 250 g/mol. The number of hydrogen-bond donors (Lipinski definition) is 2. The largest absolute Gasteiger partial charge is 0.505 e. The summed E-state index contributed by atoms with van der Waals surface area (Å²) in [5.74, 6) is -1.08. The van der Waals surface area contributed by atoms with Gasteiger partial charge in [0.15, 0.2) is 11.4 Å². The van der Waals surface area contributed by atoms with Crippen LogP contribution in [0, 0.1) is 0 Å². The number of nitrogens with zero attached hydrogens (tertiary/aromatic N) is 2. The summed E-state index contributed by atoms with van der Waals surface area (Å²) in [6, 6.07) is 7.51. The number of rotatable bonds is 3. The second-order valence-electron chi connectivity index (χ2n) is 3.66. The van der Waals surface area contributed by atoms with Gasteiger partial charge >= 0.3 is 0 Å².